The number of hydrogen-bond acceptors (Lipinski definition) is 3. The zero-order valence-corrected chi connectivity index (χ0v) is 13.6. The van der Waals surface area contributed by atoms with Crippen molar-refractivity contribution in [3.05, 3.63) is 65.5 Å². The molecule has 0 saturated carbocycles. The van der Waals surface area contributed by atoms with E-state index in [9.17, 15) is 9.59 Å². The van der Waals surface area contributed by atoms with Gasteiger partial charge in [-0.05, 0) is 38.5 Å². The molecule has 5 heteroatoms. The molecule has 1 unspecified atom stereocenters. The largest absolute Gasteiger partial charge is 0.366 e. The summed E-state index contributed by atoms with van der Waals surface area (Å²) in [7, 11) is 0. The molecule has 2 rings (SSSR count). The van der Waals surface area contributed by atoms with Crippen LogP contribution in [0.25, 0.3) is 0 Å². The average Bonchev–Trinajstić information content (AvgIpc) is 2.55. The molecule has 0 spiro atoms. The summed E-state index contributed by atoms with van der Waals surface area (Å²) >= 11 is 0. The molecule has 5 nitrogen and oxygen atoms in total. The summed E-state index contributed by atoms with van der Waals surface area (Å²) in [6, 6.07) is 12.8. The summed E-state index contributed by atoms with van der Waals surface area (Å²) in [5.74, 6) is -0.734. The van der Waals surface area contributed by atoms with E-state index in [4.69, 9.17) is 5.73 Å². The molecule has 23 heavy (non-hydrogen) atoms. The van der Waals surface area contributed by atoms with Gasteiger partial charge >= 0.3 is 0 Å². The van der Waals surface area contributed by atoms with E-state index in [1.807, 2.05) is 51.1 Å². The lowest BCUT2D eigenvalue weighted by Gasteiger charge is -2.33. The first-order valence-electron chi connectivity index (χ1n) is 7.55. The van der Waals surface area contributed by atoms with E-state index in [-0.39, 0.29) is 23.6 Å². The first-order valence-corrected chi connectivity index (χ1v) is 7.55. The molecule has 2 amide bonds. The Hall–Kier alpha value is -2.69. The number of rotatable bonds is 5. The zero-order valence-electron chi connectivity index (χ0n) is 13.6. The summed E-state index contributed by atoms with van der Waals surface area (Å²) in [6.07, 6.45) is 1.33. The molecule has 0 aliphatic heterocycles. The van der Waals surface area contributed by atoms with Gasteiger partial charge in [-0.25, -0.2) is 0 Å². The minimum absolute atomic E-state index is 0.00956. The highest BCUT2D eigenvalue weighted by Crippen LogP contribution is 2.24. The molecule has 0 radical (unpaired) electrons. The number of hydrogen-bond donors (Lipinski definition) is 1. The van der Waals surface area contributed by atoms with Gasteiger partial charge in [-0.3, -0.25) is 14.6 Å². The Bertz CT molecular complexity index is 681. The number of nitrogens with two attached hydrogens (primary N) is 1. The van der Waals surface area contributed by atoms with Crippen LogP contribution in [0.3, 0.4) is 0 Å². The predicted molar refractivity (Wildman–Crippen MR) is 88.9 cm³/mol. The second kappa shape index (κ2) is 7.05. The number of amides is 2. The maximum atomic E-state index is 12.8. The van der Waals surface area contributed by atoms with Crippen LogP contribution in [0.5, 0.6) is 0 Å². The normalized spacial score (nSPS) is 12.0. The highest BCUT2D eigenvalue weighted by molar-refractivity contribution is 5.95. The van der Waals surface area contributed by atoms with Gasteiger partial charge in [0.2, 0.25) is 5.91 Å². The molecule has 0 fully saturated rings. The predicted octanol–water partition coefficient (Wildman–Crippen LogP) is 2.79. The number of nitrogens with zero attached hydrogens (tertiary/aromatic N) is 2. The van der Waals surface area contributed by atoms with Crippen molar-refractivity contribution in [3.63, 3.8) is 0 Å². The lowest BCUT2D eigenvalue weighted by atomic mass is 10.0. The van der Waals surface area contributed by atoms with E-state index in [0.29, 0.717) is 5.69 Å². The van der Waals surface area contributed by atoms with Crippen molar-refractivity contribution >= 4 is 11.8 Å². The molecule has 2 aromatic rings. The molecule has 1 aromatic heterocycles. The molecule has 2 N–H and O–H groups in total. The SMILES string of the molecule is CC(C)N(C(=O)c1ccc(C(N)=O)cn1)C(C)c1ccccc1. The van der Waals surface area contributed by atoms with E-state index in [0.717, 1.165) is 5.56 Å². The van der Waals surface area contributed by atoms with E-state index in [1.165, 1.54) is 18.3 Å². The van der Waals surface area contributed by atoms with Crippen LogP contribution in [0.2, 0.25) is 0 Å². The summed E-state index contributed by atoms with van der Waals surface area (Å²) in [4.78, 5) is 29.8. The molecule has 0 bridgehead atoms. The quantitative estimate of drug-likeness (QED) is 0.922. The summed E-state index contributed by atoms with van der Waals surface area (Å²) in [6.45, 7) is 5.93. The first-order chi connectivity index (χ1) is 10.9. The number of aromatic nitrogens is 1. The fourth-order valence-electron chi connectivity index (χ4n) is 2.55. The third-order valence-electron chi connectivity index (χ3n) is 3.76. The molecule has 1 atom stereocenters. The molecule has 0 saturated heterocycles. The van der Waals surface area contributed by atoms with Gasteiger partial charge < -0.3 is 10.6 Å². The van der Waals surface area contributed by atoms with Crippen LogP contribution in [-0.2, 0) is 0 Å². The third kappa shape index (κ3) is 3.74. The van der Waals surface area contributed by atoms with Gasteiger partial charge in [0.05, 0.1) is 11.6 Å². The topological polar surface area (TPSA) is 76.3 Å². The lowest BCUT2D eigenvalue weighted by Crippen LogP contribution is -2.39. The Morgan fingerprint density at radius 3 is 2.17 bits per heavy atom. The smallest absolute Gasteiger partial charge is 0.273 e. The van der Waals surface area contributed by atoms with Gasteiger partial charge in [-0.15, -0.1) is 0 Å². The second-order valence-corrected chi connectivity index (χ2v) is 5.69. The van der Waals surface area contributed by atoms with Crippen LogP contribution in [0, 0.1) is 0 Å². The summed E-state index contributed by atoms with van der Waals surface area (Å²) in [5.41, 5.74) is 6.84. The van der Waals surface area contributed by atoms with Crippen LogP contribution in [0.15, 0.2) is 48.7 Å². The van der Waals surface area contributed by atoms with Gasteiger partial charge in [0.15, 0.2) is 0 Å². The van der Waals surface area contributed by atoms with Crippen LogP contribution in [0.1, 0.15) is 53.2 Å². The van der Waals surface area contributed by atoms with Crippen molar-refractivity contribution in [2.75, 3.05) is 0 Å². The third-order valence-corrected chi connectivity index (χ3v) is 3.76. The van der Waals surface area contributed by atoms with Gasteiger partial charge in [0.25, 0.3) is 5.91 Å². The molecule has 1 aromatic carbocycles. The van der Waals surface area contributed by atoms with Crippen molar-refractivity contribution in [1.82, 2.24) is 9.88 Å². The van der Waals surface area contributed by atoms with Crippen molar-refractivity contribution in [1.29, 1.82) is 0 Å². The molecular weight excluding hydrogens is 290 g/mol. The van der Waals surface area contributed by atoms with Crippen molar-refractivity contribution in [2.24, 2.45) is 5.73 Å². The number of carbonyl (C=O) groups is 2. The Kier molecular flexibility index (Phi) is 5.11. The minimum atomic E-state index is -0.560. The van der Waals surface area contributed by atoms with Crippen molar-refractivity contribution < 1.29 is 9.59 Å². The monoisotopic (exact) mass is 311 g/mol. The van der Waals surface area contributed by atoms with Crippen LogP contribution < -0.4 is 5.73 Å². The fraction of sp³-hybridized carbons (Fsp3) is 0.278. The second-order valence-electron chi connectivity index (χ2n) is 5.69. The van der Waals surface area contributed by atoms with Crippen LogP contribution >= 0.6 is 0 Å². The van der Waals surface area contributed by atoms with Gasteiger partial charge in [-0.2, -0.15) is 0 Å². The van der Waals surface area contributed by atoms with Crippen molar-refractivity contribution in [2.45, 2.75) is 32.9 Å². The number of benzene rings is 1. The Morgan fingerprint density at radius 2 is 1.70 bits per heavy atom. The zero-order chi connectivity index (χ0) is 17.0. The molecule has 120 valence electrons. The van der Waals surface area contributed by atoms with Crippen LogP contribution in [-0.4, -0.2) is 27.7 Å². The molecule has 1 heterocycles. The van der Waals surface area contributed by atoms with E-state index in [2.05, 4.69) is 4.98 Å². The standard InChI is InChI=1S/C18H21N3O2/c1-12(2)21(13(3)14-7-5-4-6-8-14)18(23)16-10-9-15(11-20-16)17(19)22/h4-13H,1-3H3,(H2,19,22). The van der Waals surface area contributed by atoms with E-state index < -0.39 is 5.91 Å². The van der Waals surface area contributed by atoms with E-state index in [1.54, 1.807) is 4.90 Å². The van der Waals surface area contributed by atoms with Gasteiger partial charge in [0.1, 0.15) is 5.69 Å². The maximum absolute atomic E-state index is 12.8. The van der Waals surface area contributed by atoms with Crippen molar-refractivity contribution in [3.8, 4) is 0 Å². The van der Waals surface area contributed by atoms with Gasteiger partial charge in [0, 0.05) is 12.2 Å². The Labute approximate surface area is 136 Å². The highest BCUT2D eigenvalue weighted by atomic mass is 16.2. The number of pyridine rings is 1. The molecular formula is C18H21N3O2. The summed E-state index contributed by atoms with van der Waals surface area (Å²) in [5, 5.41) is 0. The Balaban J connectivity index is 2.30. The highest BCUT2D eigenvalue weighted by Gasteiger charge is 2.26. The fourth-order valence-corrected chi connectivity index (χ4v) is 2.55. The number of primary amides is 1. The van der Waals surface area contributed by atoms with Gasteiger partial charge in [-0.1, -0.05) is 30.3 Å². The first kappa shape index (κ1) is 16.7. The Morgan fingerprint density at radius 1 is 1.04 bits per heavy atom. The molecule has 0 aliphatic rings. The van der Waals surface area contributed by atoms with Crippen LogP contribution in [0.4, 0.5) is 0 Å². The molecule has 0 aliphatic carbocycles. The minimum Gasteiger partial charge on any atom is -0.366 e. The van der Waals surface area contributed by atoms with E-state index >= 15 is 0 Å². The maximum Gasteiger partial charge on any atom is 0.273 e. The lowest BCUT2D eigenvalue weighted by molar-refractivity contribution is 0.0618. The summed E-state index contributed by atoms with van der Waals surface area (Å²) < 4.78 is 0. The average molecular weight is 311 g/mol. The number of carbonyl (C=O) groups excluding carboxylic acids is 2.